The van der Waals surface area contributed by atoms with E-state index in [2.05, 4.69) is 29.0 Å². The van der Waals surface area contributed by atoms with Crippen LogP contribution >= 0.6 is 11.8 Å². The highest BCUT2D eigenvalue weighted by Crippen LogP contribution is 2.25. The van der Waals surface area contributed by atoms with Gasteiger partial charge in [-0.15, -0.1) is 16.8 Å². The molecule has 1 N–H and O–H groups in total. The number of nitrogens with one attached hydrogen (secondary N) is 1. The summed E-state index contributed by atoms with van der Waals surface area (Å²) in [6.45, 7) is 8.31. The molecule has 1 aromatic heterocycles. The molecule has 162 valence electrons. The molecule has 0 aliphatic rings. The molecular formula is C23H25FN4O2S. The van der Waals surface area contributed by atoms with Gasteiger partial charge in [0.2, 0.25) is 5.91 Å². The van der Waals surface area contributed by atoms with E-state index >= 15 is 0 Å². The maximum absolute atomic E-state index is 13.0. The molecule has 3 rings (SSSR count). The number of thioether (sulfide) groups is 1. The van der Waals surface area contributed by atoms with Gasteiger partial charge in [-0.05, 0) is 55.3 Å². The van der Waals surface area contributed by atoms with Crippen LogP contribution in [0.25, 0.3) is 0 Å². The third-order valence-corrected chi connectivity index (χ3v) is 5.49. The lowest BCUT2D eigenvalue weighted by Gasteiger charge is -2.16. The molecule has 1 unspecified atom stereocenters. The molecule has 1 amide bonds. The molecule has 0 fully saturated rings. The zero-order valence-electron chi connectivity index (χ0n) is 17.5. The maximum atomic E-state index is 13.0. The highest BCUT2D eigenvalue weighted by atomic mass is 32.2. The predicted octanol–water partition coefficient (Wildman–Crippen LogP) is 5.04. The Bertz CT molecular complexity index is 1020. The topological polar surface area (TPSA) is 69.0 Å². The van der Waals surface area contributed by atoms with Gasteiger partial charge in [-0.2, -0.15) is 0 Å². The van der Waals surface area contributed by atoms with Crippen LogP contribution in [0.5, 0.6) is 5.75 Å². The molecular weight excluding hydrogens is 415 g/mol. The van der Waals surface area contributed by atoms with Gasteiger partial charge in [0, 0.05) is 12.2 Å². The van der Waals surface area contributed by atoms with E-state index in [1.807, 2.05) is 35.8 Å². The minimum atomic E-state index is -0.352. The zero-order chi connectivity index (χ0) is 22.2. The average molecular weight is 441 g/mol. The van der Waals surface area contributed by atoms with Crippen molar-refractivity contribution in [1.29, 1.82) is 0 Å². The number of halogens is 1. The van der Waals surface area contributed by atoms with Gasteiger partial charge in [0.1, 0.15) is 11.6 Å². The first kappa shape index (κ1) is 22.6. The third kappa shape index (κ3) is 6.18. The Morgan fingerprint density at radius 1 is 1.23 bits per heavy atom. The van der Waals surface area contributed by atoms with Crippen molar-refractivity contribution in [2.45, 2.75) is 38.1 Å². The Morgan fingerprint density at radius 3 is 2.58 bits per heavy atom. The van der Waals surface area contributed by atoms with Crippen molar-refractivity contribution >= 4 is 23.4 Å². The number of carbonyl (C=O) groups excluding carboxylic acids is 1. The SMILES string of the molecule is C=CCn1c(SCC(=O)Nc2ccc(F)cc2)nnc1C(C)Oc1ccc(CC)cc1. The van der Waals surface area contributed by atoms with E-state index < -0.39 is 0 Å². The predicted molar refractivity (Wildman–Crippen MR) is 121 cm³/mol. The Hall–Kier alpha value is -3.13. The van der Waals surface area contributed by atoms with E-state index in [9.17, 15) is 9.18 Å². The molecule has 31 heavy (non-hydrogen) atoms. The van der Waals surface area contributed by atoms with Crippen LogP contribution in [0.4, 0.5) is 10.1 Å². The number of rotatable bonds is 10. The monoisotopic (exact) mass is 440 g/mol. The zero-order valence-corrected chi connectivity index (χ0v) is 18.4. The molecule has 1 atom stereocenters. The minimum Gasteiger partial charge on any atom is -0.483 e. The Kier molecular flexibility index (Phi) is 7.83. The van der Waals surface area contributed by atoms with Crippen LogP contribution in [0.2, 0.25) is 0 Å². The minimum absolute atomic E-state index is 0.139. The van der Waals surface area contributed by atoms with Gasteiger partial charge in [-0.1, -0.05) is 36.9 Å². The van der Waals surface area contributed by atoms with Crippen LogP contribution in [0.15, 0.2) is 66.3 Å². The second-order valence-electron chi connectivity index (χ2n) is 6.84. The number of hydrogen-bond donors (Lipinski definition) is 1. The summed E-state index contributed by atoms with van der Waals surface area (Å²) >= 11 is 1.27. The highest BCUT2D eigenvalue weighted by molar-refractivity contribution is 7.99. The summed E-state index contributed by atoms with van der Waals surface area (Å²) in [7, 11) is 0. The van der Waals surface area contributed by atoms with E-state index in [0.29, 0.717) is 23.2 Å². The molecule has 0 saturated carbocycles. The van der Waals surface area contributed by atoms with Crippen molar-refractivity contribution in [3.8, 4) is 5.75 Å². The molecule has 0 aliphatic heterocycles. The number of ether oxygens (including phenoxy) is 1. The number of aryl methyl sites for hydroxylation is 1. The second kappa shape index (κ2) is 10.8. The van der Waals surface area contributed by atoms with E-state index in [-0.39, 0.29) is 23.6 Å². The lowest BCUT2D eigenvalue weighted by Crippen LogP contribution is -2.15. The van der Waals surface area contributed by atoms with Crippen molar-refractivity contribution in [3.63, 3.8) is 0 Å². The summed E-state index contributed by atoms with van der Waals surface area (Å²) in [4.78, 5) is 12.2. The summed E-state index contributed by atoms with van der Waals surface area (Å²) in [5.74, 6) is 0.980. The number of aromatic nitrogens is 3. The largest absolute Gasteiger partial charge is 0.483 e. The third-order valence-electron chi connectivity index (χ3n) is 4.53. The molecule has 1 heterocycles. The number of amides is 1. The molecule has 0 saturated heterocycles. The van der Waals surface area contributed by atoms with Crippen molar-refractivity contribution in [1.82, 2.24) is 14.8 Å². The lowest BCUT2D eigenvalue weighted by molar-refractivity contribution is -0.113. The van der Waals surface area contributed by atoms with E-state index in [1.165, 1.54) is 41.6 Å². The lowest BCUT2D eigenvalue weighted by atomic mass is 10.2. The Balaban J connectivity index is 1.65. The number of anilines is 1. The first-order valence-electron chi connectivity index (χ1n) is 9.98. The van der Waals surface area contributed by atoms with Crippen LogP contribution in [0.3, 0.4) is 0 Å². The molecule has 0 radical (unpaired) electrons. The number of allylic oxidation sites excluding steroid dienone is 1. The van der Waals surface area contributed by atoms with Crippen LogP contribution in [0.1, 0.15) is 31.3 Å². The van der Waals surface area contributed by atoms with Gasteiger partial charge < -0.3 is 10.1 Å². The molecule has 0 spiro atoms. The van der Waals surface area contributed by atoms with Crippen LogP contribution < -0.4 is 10.1 Å². The summed E-state index contributed by atoms with van der Waals surface area (Å²) < 4.78 is 20.9. The standard InChI is InChI=1S/C23H25FN4O2S/c1-4-14-28-22(16(3)30-20-12-6-17(5-2)7-13-20)26-27-23(28)31-15-21(29)25-19-10-8-18(24)9-11-19/h4,6-13,16H,1,5,14-15H2,2-3H3,(H,25,29). The fourth-order valence-electron chi connectivity index (χ4n) is 2.93. The number of carbonyl (C=O) groups is 1. The fourth-order valence-corrected chi connectivity index (χ4v) is 3.68. The first-order chi connectivity index (χ1) is 15.0. The van der Waals surface area contributed by atoms with E-state index in [1.54, 1.807) is 6.08 Å². The van der Waals surface area contributed by atoms with E-state index in [4.69, 9.17) is 4.74 Å². The van der Waals surface area contributed by atoms with Gasteiger partial charge in [0.25, 0.3) is 0 Å². The second-order valence-corrected chi connectivity index (χ2v) is 7.78. The molecule has 8 heteroatoms. The van der Waals surface area contributed by atoms with Crippen molar-refractivity contribution in [2.24, 2.45) is 0 Å². The first-order valence-corrected chi connectivity index (χ1v) is 11.0. The Labute approximate surface area is 185 Å². The van der Waals surface area contributed by atoms with Crippen molar-refractivity contribution < 1.29 is 13.9 Å². The fraction of sp³-hybridized carbons (Fsp3) is 0.261. The highest BCUT2D eigenvalue weighted by Gasteiger charge is 2.20. The van der Waals surface area contributed by atoms with Gasteiger partial charge >= 0.3 is 0 Å². The summed E-state index contributed by atoms with van der Waals surface area (Å²) in [6, 6.07) is 13.6. The van der Waals surface area contributed by atoms with Crippen molar-refractivity contribution in [3.05, 3.63) is 78.4 Å². The van der Waals surface area contributed by atoms with Crippen LogP contribution in [-0.2, 0) is 17.8 Å². The van der Waals surface area contributed by atoms with Crippen LogP contribution in [0, 0.1) is 5.82 Å². The molecule has 0 bridgehead atoms. The molecule has 6 nitrogen and oxygen atoms in total. The summed E-state index contributed by atoms with van der Waals surface area (Å²) in [5, 5.41) is 11.8. The maximum Gasteiger partial charge on any atom is 0.234 e. The smallest absolute Gasteiger partial charge is 0.234 e. The summed E-state index contributed by atoms with van der Waals surface area (Å²) in [5.41, 5.74) is 1.78. The van der Waals surface area contributed by atoms with E-state index in [0.717, 1.165) is 12.2 Å². The average Bonchev–Trinajstić information content (AvgIpc) is 3.17. The normalized spacial score (nSPS) is 11.7. The Morgan fingerprint density at radius 2 is 1.94 bits per heavy atom. The molecule has 2 aromatic carbocycles. The molecule has 3 aromatic rings. The number of nitrogens with zero attached hydrogens (tertiary/aromatic N) is 3. The van der Waals surface area contributed by atoms with Crippen molar-refractivity contribution in [2.75, 3.05) is 11.1 Å². The van der Waals surface area contributed by atoms with Gasteiger partial charge in [-0.25, -0.2) is 4.39 Å². The summed E-state index contributed by atoms with van der Waals surface area (Å²) in [6.07, 6.45) is 2.39. The van der Waals surface area contributed by atoms with Gasteiger partial charge in [0.05, 0.1) is 5.75 Å². The number of benzene rings is 2. The number of hydrogen-bond acceptors (Lipinski definition) is 5. The van der Waals surface area contributed by atoms with Gasteiger partial charge in [0.15, 0.2) is 17.1 Å². The van der Waals surface area contributed by atoms with Crippen LogP contribution in [-0.4, -0.2) is 26.4 Å². The quantitative estimate of drug-likeness (QED) is 0.353. The van der Waals surface area contributed by atoms with Gasteiger partial charge in [-0.3, -0.25) is 9.36 Å². The molecule has 0 aliphatic carbocycles.